The molecule has 4 aromatic carbocycles. The molecule has 0 aliphatic heterocycles. The predicted molar refractivity (Wildman–Crippen MR) is 139 cm³/mol. The van der Waals surface area contributed by atoms with Crippen LogP contribution in [0.4, 0.5) is 5.69 Å². The van der Waals surface area contributed by atoms with Crippen molar-refractivity contribution in [3.05, 3.63) is 95.0 Å². The summed E-state index contributed by atoms with van der Waals surface area (Å²) in [5.41, 5.74) is 3.04. The van der Waals surface area contributed by atoms with Gasteiger partial charge in [-0.1, -0.05) is 59.3 Å². The number of benzene rings is 4. The molecule has 5 aromatic rings. The first-order valence-electron chi connectivity index (χ1n) is 11.2. The summed E-state index contributed by atoms with van der Waals surface area (Å²) in [6.45, 7) is 1.80. The second-order valence-corrected chi connectivity index (χ2v) is 8.91. The minimum absolute atomic E-state index is 0.330. The van der Waals surface area contributed by atoms with E-state index in [-0.39, 0.29) is 5.91 Å². The zero-order valence-corrected chi connectivity index (χ0v) is 20.4. The molecule has 0 saturated heterocycles. The number of aromatic nitrogens is 1. The number of anilines is 1. The Morgan fingerprint density at radius 3 is 2.46 bits per heavy atom. The monoisotopic (exact) mass is 528 g/mol. The number of oxazole rings is 1. The number of nitrogens with one attached hydrogen (secondary N) is 1. The number of hydrogen-bond acceptors (Lipinski definition) is 5. The highest BCUT2D eigenvalue weighted by atomic mass is 79.9. The first kappa shape index (κ1) is 22.8. The smallest absolute Gasteiger partial charge is 0.339 e. The van der Waals surface area contributed by atoms with Gasteiger partial charge in [-0.15, -0.1) is 0 Å². The lowest BCUT2D eigenvalue weighted by Gasteiger charge is -2.17. The van der Waals surface area contributed by atoms with E-state index in [0.29, 0.717) is 40.1 Å². The number of nitrogens with zero attached hydrogens (tertiary/aromatic N) is 1. The average molecular weight is 529 g/mol. The van der Waals surface area contributed by atoms with E-state index in [0.717, 1.165) is 15.4 Å². The van der Waals surface area contributed by atoms with Crippen molar-refractivity contribution >= 4 is 55.4 Å². The molecule has 1 N–H and O–H groups in total. The van der Waals surface area contributed by atoms with Gasteiger partial charge in [0, 0.05) is 21.1 Å². The maximum Gasteiger partial charge on any atom is 0.339 e. The highest BCUT2D eigenvalue weighted by Crippen LogP contribution is 2.33. The minimum Gasteiger partial charge on any atom is -0.449 e. The normalized spacial score (nSPS) is 11.9. The number of halogens is 1. The third-order valence-corrected chi connectivity index (χ3v) is 6.20. The SMILES string of the molecule is CCC(OC(=O)c1cccc2cccc(-c3nc4ccccc4o3)c12)C(=O)Nc1ccc(Br)cc1. The first-order chi connectivity index (χ1) is 17.0. The summed E-state index contributed by atoms with van der Waals surface area (Å²) in [6, 6.07) is 25.8. The molecule has 0 spiro atoms. The maximum atomic E-state index is 13.3. The van der Waals surface area contributed by atoms with E-state index < -0.39 is 12.1 Å². The summed E-state index contributed by atoms with van der Waals surface area (Å²) in [4.78, 5) is 30.8. The summed E-state index contributed by atoms with van der Waals surface area (Å²) in [5.74, 6) is -0.559. The van der Waals surface area contributed by atoms with Crippen LogP contribution in [0.1, 0.15) is 23.7 Å². The second-order valence-electron chi connectivity index (χ2n) is 7.99. The number of para-hydroxylation sites is 2. The van der Waals surface area contributed by atoms with Crippen molar-refractivity contribution in [2.24, 2.45) is 0 Å². The highest BCUT2D eigenvalue weighted by molar-refractivity contribution is 9.10. The van der Waals surface area contributed by atoms with Gasteiger partial charge in [0.05, 0.1) is 5.56 Å². The van der Waals surface area contributed by atoms with Gasteiger partial charge in [-0.2, -0.15) is 0 Å². The van der Waals surface area contributed by atoms with E-state index in [1.165, 1.54) is 0 Å². The van der Waals surface area contributed by atoms with Crippen molar-refractivity contribution in [3.8, 4) is 11.5 Å². The molecule has 0 fully saturated rings. The highest BCUT2D eigenvalue weighted by Gasteiger charge is 2.24. The van der Waals surface area contributed by atoms with E-state index in [1.54, 1.807) is 31.2 Å². The van der Waals surface area contributed by atoms with E-state index in [4.69, 9.17) is 9.15 Å². The molecule has 0 bridgehead atoms. The van der Waals surface area contributed by atoms with Crippen LogP contribution < -0.4 is 5.32 Å². The van der Waals surface area contributed by atoms with E-state index in [9.17, 15) is 9.59 Å². The van der Waals surface area contributed by atoms with Gasteiger partial charge in [-0.25, -0.2) is 9.78 Å². The number of ether oxygens (including phenoxy) is 1. The molecule has 0 aliphatic rings. The predicted octanol–water partition coefficient (Wildman–Crippen LogP) is 6.98. The fourth-order valence-corrected chi connectivity index (χ4v) is 4.21. The van der Waals surface area contributed by atoms with Crippen LogP contribution in [0.5, 0.6) is 0 Å². The molecule has 35 heavy (non-hydrogen) atoms. The molecule has 1 amide bonds. The summed E-state index contributed by atoms with van der Waals surface area (Å²) >= 11 is 3.37. The van der Waals surface area contributed by atoms with Gasteiger partial charge in [0.2, 0.25) is 5.89 Å². The molecule has 6 nitrogen and oxygen atoms in total. The largest absolute Gasteiger partial charge is 0.449 e. The molecule has 0 radical (unpaired) electrons. The fraction of sp³-hybridized carbons (Fsp3) is 0.107. The van der Waals surface area contributed by atoms with E-state index >= 15 is 0 Å². The van der Waals surface area contributed by atoms with Gasteiger partial charge in [-0.05, 0) is 60.3 Å². The standard InChI is InChI=1S/C28H21BrN2O4/c1-2-23(26(32)30-19-15-13-18(29)14-16-19)35-28(33)21-10-6-8-17-7-5-9-20(25(17)21)27-31-22-11-3-4-12-24(22)34-27/h3-16,23H,2H2,1H3,(H,30,32). The average Bonchev–Trinajstić information content (AvgIpc) is 3.32. The van der Waals surface area contributed by atoms with Gasteiger partial charge < -0.3 is 14.5 Å². The van der Waals surface area contributed by atoms with Crippen LogP contribution in [-0.2, 0) is 9.53 Å². The summed E-state index contributed by atoms with van der Waals surface area (Å²) < 4.78 is 12.6. The van der Waals surface area contributed by atoms with Crippen molar-refractivity contribution in [2.75, 3.05) is 5.32 Å². The molecular weight excluding hydrogens is 508 g/mol. The third-order valence-electron chi connectivity index (χ3n) is 5.67. The van der Waals surface area contributed by atoms with E-state index in [1.807, 2.05) is 60.7 Å². The molecule has 1 heterocycles. The number of carbonyl (C=O) groups excluding carboxylic acids is 2. The molecule has 1 aromatic heterocycles. The number of carbonyl (C=O) groups is 2. The summed E-state index contributed by atoms with van der Waals surface area (Å²) in [7, 11) is 0. The Balaban J connectivity index is 1.47. The molecule has 7 heteroatoms. The Bertz CT molecular complexity index is 1500. The molecule has 5 rings (SSSR count). The van der Waals surface area contributed by atoms with Crippen molar-refractivity contribution in [1.82, 2.24) is 4.98 Å². The van der Waals surface area contributed by atoms with Gasteiger partial charge >= 0.3 is 5.97 Å². The van der Waals surface area contributed by atoms with Crippen LogP contribution >= 0.6 is 15.9 Å². The number of hydrogen-bond donors (Lipinski definition) is 1. The lowest BCUT2D eigenvalue weighted by atomic mass is 9.99. The van der Waals surface area contributed by atoms with Gasteiger partial charge in [0.25, 0.3) is 5.91 Å². The quantitative estimate of drug-likeness (QED) is 0.240. The lowest BCUT2D eigenvalue weighted by molar-refractivity contribution is -0.124. The maximum absolute atomic E-state index is 13.3. The zero-order chi connectivity index (χ0) is 24.4. The Hall–Kier alpha value is -3.97. The Labute approximate surface area is 210 Å². The molecule has 174 valence electrons. The van der Waals surface area contributed by atoms with Gasteiger partial charge in [-0.3, -0.25) is 4.79 Å². The van der Waals surface area contributed by atoms with E-state index in [2.05, 4.69) is 26.2 Å². The topological polar surface area (TPSA) is 81.4 Å². The fourth-order valence-electron chi connectivity index (χ4n) is 3.95. The number of fused-ring (bicyclic) bond motifs is 2. The Morgan fingerprint density at radius 1 is 0.971 bits per heavy atom. The summed E-state index contributed by atoms with van der Waals surface area (Å²) in [5, 5.41) is 4.31. The molecular formula is C28H21BrN2O4. The van der Waals surface area contributed by atoms with Crippen molar-refractivity contribution in [1.29, 1.82) is 0 Å². The molecule has 1 atom stereocenters. The van der Waals surface area contributed by atoms with Crippen LogP contribution in [0.2, 0.25) is 0 Å². The summed E-state index contributed by atoms with van der Waals surface area (Å²) in [6.07, 6.45) is -0.616. The van der Waals surface area contributed by atoms with Crippen molar-refractivity contribution < 1.29 is 18.7 Å². The van der Waals surface area contributed by atoms with Crippen LogP contribution in [0, 0.1) is 0 Å². The Morgan fingerprint density at radius 2 is 1.71 bits per heavy atom. The lowest BCUT2D eigenvalue weighted by Crippen LogP contribution is -2.32. The zero-order valence-electron chi connectivity index (χ0n) is 18.8. The molecule has 0 aliphatic carbocycles. The molecule has 0 saturated carbocycles. The Kier molecular flexibility index (Phi) is 6.33. The van der Waals surface area contributed by atoms with Crippen molar-refractivity contribution in [3.63, 3.8) is 0 Å². The second kappa shape index (κ2) is 9.72. The van der Waals surface area contributed by atoms with Crippen LogP contribution in [0.15, 0.2) is 93.8 Å². The van der Waals surface area contributed by atoms with Crippen LogP contribution in [-0.4, -0.2) is 23.0 Å². The first-order valence-corrected chi connectivity index (χ1v) is 12.0. The molecule has 1 unspecified atom stereocenters. The minimum atomic E-state index is -0.946. The number of esters is 1. The number of rotatable bonds is 6. The van der Waals surface area contributed by atoms with Crippen LogP contribution in [0.25, 0.3) is 33.3 Å². The third kappa shape index (κ3) is 4.68. The van der Waals surface area contributed by atoms with Gasteiger partial charge in [0.1, 0.15) is 5.52 Å². The van der Waals surface area contributed by atoms with Crippen molar-refractivity contribution in [2.45, 2.75) is 19.4 Å². The number of amides is 1. The van der Waals surface area contributed by atoms with Gasteiger partial charge in [0.15, 0.2) is 11.7 Å². The van der Waals surface area contributed by atoms with Crippen LogP contribution in [0.3, 0.4) is 0 Å².